The largest absolute Gasteiger partial charge is 0.478 e. The molecule has 0 saturated heterocycles. The van der Waals surface area contributed by atoms with Gasteiger partial charge in [-0.05, 0) is 18.9 Å². The molecule has 0 spiro atoms. The van der Waals surface area contributed by atoms with Crippen LogP contribution in [0.5, 0.6) is 0 Å². The fourth-order valence-corrected chi connectivity index (χ4v) is 1.63. The Morgan fingerprint density at radius 3 is 2.35 bits per heavy atom. The standard InChI is InChI=1S/C10H8F3NO3/c11-10(12,13)7-3-5(9(16)17)4-8(15)14(7)6-1-2-6/h3-4,6H,1-2H2,(H,16,17). The third kappa shape index (κ3) is 2.17. The lowest BCUT2D eigenvalue weighted by atomic mass is 10.2. The molecule has 4 nitrogen and oxygen atoms in total. The Hall–Kier alpha value is -1.79. The van der Waals surface area contributed by atoms with Crippen LogP contribution in [0.4, 0.5) is 13.2 Å². The number of nitrogens with zero attached hydrogens (tertiary/aromatic N) is 1. The normalized spacial score (nSPS) is 15.9. The lowest BCUT2D eigenvalue weighted by Crippen LogP contribution is -2.28. The Morgan fingerprint density at radius 1 is 1.35 bits per heavy atom. The van der Waals surface area contributed by atoms with E-state index in [9.17, 15) is 22.8 Å². The average molecular weight is 247 g/mol. The smallest absolute Gasteiger partial charge is 0.431 e. The van der Waals surface area contributed by atoms with Gasteiger partial charge in [-0.25, -0.2) is 4.79 Å². The van der Waals surface area contributed by atoms with E-state index in [4.69, 9.17) is 5.11 Å². The van der Waals surface area contributed by atoms with Crippen LogP contribution in [0.2, 0.25) is 0 Å². The van der Waals surface area contributed by atoms with Crippen LogP contribution in [-0.4, -0.2) is 15.6 Å². The lowest BCUT2D eigenvalue weighted by molar-refractivity contribution is -0.144. The molecule has 1 fully saturated rings. The Morgan fingerprint density at radius 2 is 1.94 bits per heavy atom. The number of carboxylic acid groups (broad SMARTS) is 1. The second-order valence-corrected chi connectivity index (χ2v) is 3.87. The third-order valence-electron chi connectivity index (χ3n) is 2.52. The summed E-state index contributed by atoms with van der Waals surface area (Å²) in [7, 11) is 0. The van der Waals surface area contributed by atoms with Crippen LogP contribution >= 0.6 is 0 Å². The fourth-order valence-electron chi connectivity index (χ4n) is 1.63. The molecule has 0 aromatic carbocycles. The van der Waals surface area contributed by atoms with Gasteiger partial charge in [-0.2, -0.15) is 13.2 Å². The molecular formula is C10H8F3NO3. The monoisotopic (exact) mass is 247 g/mol. The van der Waals surface area contributed by atoms with Crippen molar-refractivity contribution >= 4 is 5.97 Å². The first-order chi connectivity index (χ1) is 7.80. The molecule has 2 rings (SSSR count). The van der Waals surface area contributed by atoms with Crippen LogP contribution in [0.25, 0.3) is 0 Å². The van der Waals surface area contributed by atoms with Crippen LogP contribution in [0.15, 0.2) is 16.9 Å². The summed E-state index contributed by atoms with van der Waals surface area (Å²) in [6.07, 6.45) is -3.71. The summed E-state index contributed by atoms with van der Waals surface area (Å²) in [6, 6.07) is 0.764. The van der Waals surface area contributed by atoms with Gasteiger partial charge in [-0.3, -0.25) is 4.79 Å². The summed E-state index contributed by atoms with van der Waals surface area (Å²) in [5.74, 6) is -1.55. The highest BCUT2D eigenvalue weighted by Crippen LogP contribution is 2.39. The minimum Gasteiger partial charge on any atom is -0.478 e. The summed E-state index contributed by atoms with van der Waals surface area (Å²) in [5.41, 5.74) is -2.75. The van der Waals surface area contributed by atoms with Gasteiger partial charge in [0.1, 0.15) is 5.69 Å². The average Bonchev–Trinajstić information content (AvgIpc) is 2.98. The highest BCUT2D eigenvalue weighted by molar-refractivity contribution is 5.87. The molecule has 1 aliphatic carbocycles. The van der Waals surface area contributed by atoms with Gasteiger partial charge in [0.05, 0.1) is 5.56 Å². The maximum Gasteiger partial charge on any atom is 0.431 e. The van der Waals surface area contributed by atoms with Gasteiger partial charge in [-0.15, -0.1) is 0 Å². The van der Waals surface area contributed by atoms with Gasteiger partial charge >= 0.3 is 12.1 Å². The van der Waals surface area contributed by atoms with E-state index >= 15 is 0 Å². The number of aromatic nitrogens is 1. The van der Waals surface area contributed by atoms with E-state index in [1.54, 1.807) is 0 Å². The summed E-state index contributed by atoms with van der Waals surface area (Å²) in [4.78, 5) is 22.1. The maximum atomic E-state index is 12.7. The predicted molar refractivity (Wildman–Crippen MR) is 50.9 cm³/mol. The molecule has 1 aromatic heterocycles. The van der Waals surface area contributed by atoms with E-state index in [0.717, 1.165) is 6.07 Å². The van der Waals surface area contributed by atoms with E-state index in [1.165, 1.54) is 0 Å². The highest BCUT2D eigenvalue weighted by atomic mass is 19.4. The van der Waals surface area contributed by atoms with Crippen molar-refractivity contribution < 1.29 is 23.1 Å². The molecular weight excluding hydrogens is 239 g/mol. The highest BCUT2D eigenvalue weighted by Gasteiger charge is 2.39. The van der Waals surface area contributed by atoms with Gasteiger partial charge in [0, 0.05) is 12.1 Å². The first kappa shape index (κ1) is 11.7. The Labute approximate surface area is 93.3 Å². The summed E-state index contributed by atoms with van der Waals surface area (Å²) in [5, 5.41) is 8.63. The second-order valence-electron chi connectivity index (χ2n) is 3.87. The first-order valence-corrected chi connectivity index (χ1v) is 4.88. The molecule has 1 aliphatic rings. The number of pyridine rings is 1. The van der Waals surface area contributed by atoms with E-state index in [2.05, 4.69) is 0 Å². The van der Waals surface area contributed by atoms with E-state index < -0.39 is 35.0 Å². The zero-order valence-corrected chi connectivity index (χ0v) is 8.49. The molecule has 1 saturated carbocycles. The Balaban J connectivity index is 2.67. The van der Waals surface area contributed by atoms with Crippen molar-refractivity contribution in [3.05, 3.63) is 33.7 Å². The number of carbonyl (C=O) groups is 1. The van der Waals surface area contributed by atoms with Crippen LogP contribution in [0, 0.1) is 0 Å². The van der Waals surface area contributed by atoms with Crippen LogP contribution in [-0.2, 0) is 6.18 Å². The molecule has 0 amide bonds. The number of carboxylic acids is 1. The number of halogens is 3. The van der Waals surface area contributed by atoms with E-state index in [1.807, 2.05) is 0 Å². The molecule has 92 valence electrons. The number of aromatic carboxylic acids is 1. The summed E-state index contributed by atoms with van der Waals surface area (Å²) in [6.45, 7) is 0. The second kappa shape index (κ2) is 3.61. The molecule has 0 radical (unpaired) electrons. The molecule has 0 aliphatic heterocycles. The van der Waals surface area contributed by atoms with Crippen molar-refractivity contribution in [1.29, 1.82) is 0 Å². The zero-order chi connectivity index (χ0) is 12.8. The zero-order valence-electron chi connectivity index (χ0n) is 8.49. The van der Waals surface area contributed by atoms with E-state index in [-0.39, 0.29) is 0 Å². The van der Waals surface area contributed by atoms with Crippen molar-refractivity contribution in [2.75, 3.05) is 0 Å². The molecule has 1 heterocycles. The lowest BCUT2D eigenvalue weighted by Gasteiger charge is -2.15. The number of rotatable bonds is 2. The van der Waals surface area contributed by atoms with Gasteiger partial charge in [0.25, 0.3) is 5.56 Å². The van der Waals surface area contributed by atoms with Crippen LogP contribution < -0.4 is 5.56 Å². The minimum absolute atomic E-state index is 0.457. The van der Waals surface area contributed by atoms with Crippen molar-refractivity contribution in [2.45, 2.75) is 25.1 Å². The van der Waals surface area contributed by atoms with Gasteiger partial charge < -0.3 is 9.67 Å². The third-order valence-corrected chi connectivity index (χ3v) is 2.52. The predicted octanol–water partition coefficient (Wildman–Crippen LogP) is 1.90. The maximum absolute atomic E-state index is 12.7. The number of alkyl halides is 3. The molecule has 7 heteroatoms. The minimum atomic E-state index is -4.73. The molecule has 17 heavy (non-hydrogen) atoms. The van der Waals surface area contributed by atoms with Crippen molar-refractivity contribution in [2.24, 2.45) is 0 Å². The quantitative estimate of drug-likeness (QED) is 0.868. The molecule has 0 bridgehead atoms. The fraction of sp³-hybridized carbons (Fsp3) is 0.400. The van der Waals surface area contributed by atoms with Gasteiger partial charge in [0.15, 0.2) is 0 Å². The summed E-state index contributed by atoms with van der Waals surface area (Å²) >= 11 is 0. The molecule has 0 unspecified atom stereocenters. The number of hydrogen-bond acceptors (Lipinski definition) is 2. The molecule has 1 N–H and O–H groups in total. The van der Waals surface area contributed by atoms with Crippen LogP contribution in [0.1, 0.15) is 34.9 Å². The van der Waals surface area contributed by atoms with Gasteiger partial charge in [-0.1, -0.05) is 0 Å². The Kier molecular flexibility index (Phi) is 2.48. The molecule has 1 aromatic rings. The molecule has 0 atom stereocenters. The number of hydrogen-bond donors (Lipinski definition) is 1. The SMILES string of the molecule is O=C(O)c1cc(C(F)(F)F)n(C2CC2)c(=O)c1. The van der Waals surface area contributed by atoms with Crippen molar-refractivity contribution in [3.8, 4) is 0 Å². The summed E-state index contributed by atoms with van der Waals surface area (Å²) < 4.78 is 38.8. The Bertz CT molecular complexity index is 529. The van der Waals surface area contributed by atoms with Gasteiger partial charge in [0.2, 0.25) is 0 Å². The van der Waals surface area contributed by atoms with Crippen molar-refractivity contribution in [3.63, 3.8) is 0 Å². The topological polar surface area (TPSA) is 59.3 Å². The first-order valence-electron chi connectivity index (χ1n) is 4.88. The van der Waals surface area contributed by atoms with Crippen LogP contribution in [0.3, 0.4) is 0 Å². The van der Waals surface area contributed by atoms with E-state index in [0.29, 0.717) is 23.5 Å². The van der Waals surface area contributed by atoms with Crippen molar-refractivity contribution in [1.82, 2.24) is 4.57 Å².